The van der Waals surface area contributed by atoms with E-state index in [1.54, 1.807) is 7.11 Å². The summed E-state index contributed by atoms with van der Waals surface area (Å²) in [6.45, 7) is 5.20. The van der Waals surface area contributed by atoms with Crippen LogP contribution in [0.5, 0.6) is 0 Å². The molecule has 5 nitrogen and oxygen atoms in total. The molecule has 0 aromatic rings. The maximum Gasteiger partial charge on any atom is 0.324 e. The standard InChI is InChI=1S/C12H24N2O3/c1-4-14(7-8-16-2)9-11(12(15)17-3)13-10-5-6-10/h10-11,13H,4-9H2,1-3H3. The summed E-state index contributed by atoms with van der Waals surface area (Å²) in [7, 11) is 3.13. The maximum absolute atomic E-state index is 11.7. The van der Waals surface area contributed by atoms with Crippen molar-refractivity contribution < 1.29 is 14.3 Å². The van der Waals surface area contributed by atoms with Crippen molar-refractivity contribution in [1.29, 1.82) is 0 Å². The molecule has 0 aromatic heterocycles. The van der Waals surface area contributed by atoms with Gasteiger partial charge < -0.3 is 14.8 Å². The van der Waals surface area contributed by atoms with Gasteiger partial charge in [-0.15, -0.1) is 0 Å². The summed E-state index contributed by atoms with van der Waals surface area (Å²) in [6, 6.07) is 0.282. The van der Waals surface area contributed by atoms with Gasteiger partial charge in [0.2, 0.25) is 0 Å². The molecule has 1 fully saturated rings. The number of rotatable bonds is 9. The second-order valence-corrected chi connectivity index (χ2v) is 4.40. The number of ether oxygens (including phenoxy) is 2. The Hall–Kier alpha value is -0.650. The molecule has 0 saturated heterocycles. The Bertz CT molecular complexity index is 232. The number of methoxy groups -OCH3 is 2. The van der Waals surface area contributed by atoms with E-state index >= 15 is 0 Å². The third-order valence-corrected chi connectivity index (χ3v) is 3.00. The molecule has 100 valence electrons. The fourth-order valence-electron chi connectivity index (χ4n) is 1.73. The quantitative estimate of drug-likeness (QED) is 0.589. The van der Waals surface area contributed by atoms with Crippen LogP contribution in [0.15, 0.2) is 0 Å². The minimum Gasteiger partial charge on any atom is -0.468 e. The van der Waals surface area contributed by atoms with Crippen LogP contribution in [0.4, 0.5) is 0 Å². The molecule has 0 bridgehead atoms. The first-order valence-electron chi connectivity index (χ1n) is 6.26. The molecule has 0 radical (unpaired) electrons. The van der Waals surface area contributed by atoms with Gasteiger partial charge in [0.25, 0.3) is 0 Å². The third-order valence-electron chi connectivity index (χ3n) is 3.00. The highest BCUT2D eigenvalue weighted by Gasteiger charge is 2.29. The van der Waals surface area contributed by atoms with Crippen LogP contribution >= 0.6 is 0 Å². The number of nitrogens with zero attached hydrogens (tertiary/aromatic N) is 1. The summed E-state index contributed by atoms with van der Waals surface area (Å²) >= 11 is 0. The number of esters is 1. The molecule has 1 rings (SSSR count). The summed E-state index contributed by atoms with van der Waals surface area (Å²) in [5.41, 5.74) is 0. The van der Waals surface area contributed by atoms with Crippen molar-refractivity contribution in [2.24, 2.45) is 0 Å². The zero-order valence-electron chi connectivity index (χ0n) is 11.1. The minimum absolute atomic E-state index is 0.173. The highest BCUT2D eigenvalue weighted by atomic mass is 16.5. The van der Waals surface area contributed by atoms with Gasteiger partial charge in [-0.05, 0) is 19.4 Å². The van der Waals surface area contributed by atoms with Crippen molar-refractivity contribution in [3.8, 4) is 0 Å². The Morgan fingerprint density at radius 2 is 2.18 bits per heavy atom. The van der Waals surface area contributed by atoms with Gasteiger partial charge in [0.15, 0.2) is 0 Å². The van der Waals surface area contributed by atoms with E-state index in [-0.39, 0.29) is 12.0 Å². The Morgan fingerprint density at radius 1 is 1.47 bits per heavy atom. The molecule has 1 aliphatic carbocycles. The zero-order chi connectivity index (χ0) is 12.7. The van der Waals surface area contributed by atoms with Crippen molar-refractivity contribution in [1.82, 2.24) is 10.2 Å². The molecule has 5 heteroatoms. The highest BCUT2D eigenvalue weighted by Crippen LogP contribution is 2.19. The predicted molar refractivity (Wildman–Crippen MR) is 66.0 cm³/mol. The second kappa shape index (κ2) is 7.63. The van der Waals surface area contributed by atoms with Crippen molar-refractivity contribution >= 4 is 5.97 Å². The van der Waals surface area contributed by atoms with E-state index in [2.05, 4.69) is 17.1 Å². The van der Waals surface area contributed by atoms with E-state index in [1.807, 2.05) is 0 Å². The molecule has 1 aliphatic rings. The maximum atomic E-state index is 11.7. The van der Waals surface area contributed by atoms with Crippen molar-refractivity contribution in [3.05, 3.63) is 0 Å². The van der Waals surface area contributed by atoms with Gasteiger partial charge in [0, 0.05) is 26.2 Å². The lowest BCUT2D eigenvalue weighted by atomic mass is 10.2. The van der Waals surface area contributed by atoms with Crippen LogP contribution in [-0.2, 0) is 14.3 Å². The van der Waals surface area contributed by atoms with E-state index in [1.165, 1.54) is 7.11 Å². The lowest BCUT2D eigenvalue weighted by molar-refractivity contribution is -0.143. The molecular formula is C12H24N2O3. The van der Waals surface area contributed by atoms with Crippen molar-refractivity contribution in [2.75, 3.05) is 40.5 Å². The van der Waals surface area contributed by atoms with Gasteiger partial charge in [-0.25, -0.2) is 0 Å². The number of carbonyl (C=O) groups is 1. The Morgan fingerprint density at radius 3 is 2.65 bits per heavy atom. The van der Waals surface area contributed by atoms with Crippen LogP contribution in [-0.4, -0.2) is 63.4 Å². The lowest BCUT2D eigenvalue weighted by Crippen LogP contribution is -2.48. The molecule has 0 amide bonds. The van der Waals surface area contributed by atoms with Gasteiger partial charge in [0.1, 0.15) is 6.04 Å². The summed E-state index contributed by atoms with van der Waals surface area (Å²) in [5.74, 6) is -0.173. The molecule has 0 aliphatic heterocycles. The molecule has 1 unspecified atom stereocenters. The number of nitrogens with one attached hydrogen (secondary N) is 1. The number of hydrogen-bond acceptors (Lipinski definition) is 5. The Labute approximate surface area is 103 Å². The number of hydrogen-bond donors (Lipinski definition) is 1. The molecule has 0 spiro atoms. The SMILES string of the molecule is CCN(CCOC)CC(NC1CC1)C(=O)OC. The molecule has 0 aromatic carbocycles. The van der Waals surface area contributed by atoms with Crippen LogP contribution < -0.4 is 5.32 Å². The monoisotopic (exact) mass is 244 g/mol. The molecule has 0 heterocycles. The van der Waals surface area contributed by atoms with Gasteiger partial charge in [-0.2, -0.15) is 0 Å². The second-order valence-electron chi connectivity index (χ2n) is 4.40. The molecule has 1 atom stereocenters. The fourth-order valence-corrected chi connectivity index (χ4v) is 1.73. The van der Waals surface area contributed by atoms with Gasteiger partial charge >= 0.3 is 5.97 Å². The normalized spacial score (nSPS) is 17.2. The van der Waals surface area contributed by atoms with E-state index in [9.17, 15) is 4.79 Å². The summed E-state index contributed by atoms with van der Waals surface area (Å²) < 4.78 is 9.89. The zero-order valence-corrected chi connectivity index (χ0v) is 11.1. The molecule has 1 N–H and O–H groups in total. The molecule has 17 heavy (non-hydrogen) atoms. The lowest BCUT2D eigenvalue weighted by Gasteiger charge is -2.25. The van der Waals surface area contributed by atoms with E-state index in [0.29, 0.717) is 19.2 Å². The first-order valence-corrected chi connectivity index (χ1v) is 6.26. The Balaban J connectivity index is 2.40. The van der Waals surface area contributed by atoms with Crippen LogP contribution in [0.3, 0.4) is 0 Å². The third kappa shape index (κ3) is 5.48. The minimum atomic E-state index is -0.218. The average Bonchev–Trinajstić information content (AvgIpc) is 3.15. The first kappa shape index (κ1) is 14.4. The van der Waals surface area contributed by atoms with Gasteiger partial charge in [0.05, 0.1) is 13.7 Å². The van der Waals surface area contributed by atoms with Crippen molar-refractivity contribution in [3.63, 3.8) is 0 Å². The van der Waals surface area contributed by atoms with Crippen LogP contribution in [0.25, 0.3) is 0 Å². The molecular weight excluding hydrogens is 220 g/mol. The van der Waals surface area contributed by atoms with Crippen LogP contribution in [0, 0.1) is 0 Å². The summed E-state index contributed by atoms with van der Waals surface area (Å²) in [6.07, 6.45) is 2.33. The van der Waals surface area contributed by atoms with E-state index < -0.39 is 0 Å². The van der Waals surface area contributed by atoms with Crippen LogP contribution in [0.2, 0.25) is 0 Å². The van der Waals surface area contributed by atoms with Crippen LogP contribution in [0.1, 0.15) is 19.8 Å². The van der Waals surface area contributed by atoms with Crippen molar-refractivity contribution in [2.45, 2.75) is 31.8 Å². The van der Waals surface area contributed by atoms with Gasteiger partial charge in [-0.1, -0.05) is 6.92 Å². The largest absolute Gasteiger partial charge is 0.468 e. The number of carbonyl (C=O) groups excluding carboxylic acids is 1. The molecule has 1 saturated carbocycles. The fraction of sp³-hybridized carbons (Fsp3) is 0.917. The highest BCUT2D eigenvalue weighted by molar-refractivity contribution is 5.76. The average molecular weight is 244 g/mol. The number of likely N-dealkylation sites (N-methyl/N-ethyl adjacent to an activating group) is 1. The topological polar surface area (TPSA) is 50.8 Å². The predicted octanol–water partition coefficient (Wildman–Crippen LogP) is 0.248. The van der Waals surface area contributed by atoms with E-state index in [0.717, 1.165) is 25.9 Å². The summed E-state index contributed by atoms with van der Waals surface area (Å²) in [4.78, 5) is 13.9. The smallest absolute Gasteiger partial charge is 0.324 e. The Kier molecular flexibility index (Phi) is 6.47. The van der Waals surface area contributed by atoms with Gasteiger partial charge in [-0.3, -0.25) is 9.69 Å². The first-order chi connectivity index (χ1) is 8.21. The summed E-state index contributed by atoms with van der Waals surface area (Å²) in [5, 5.41) is 3.33. The van der Waals surface area contributed by atoms with E-state index in [4.69, 9.17) is 9.47 Å².